The van der Waals surface area contributed by atoms with E-state index in [1.54, 1.807) is 0 Å². The monoisotopic (exact) mass is 215 g/mol. The normalized spacial score (nSPS) is 26.1. The molecule has 2 atom stereocenters. The molecular formula is C10H11Cl2N. The number of benzene rings is 1. The summed E-state index contributed by atoms with van der Waals surface area (Å²) in [6, 6.07) is 5.79. The molecule has 0 bridgehead atoms. The van der Waals surface area contributed by atoms with E-state index >= 15 is 0 Å². The van der Waals surface area contributed by atoms with Gasteiger partial charge in [-0.15, -0.1) is 0 Å². The Balaban J connectivity index is 2.27. The summed E-state index contributed by atoms with van der Waals surface area (Å²) in [5, 5.41) is 1.34. The number of nitrogens with two attached hydrogens (primary N) is 1. The van der Waals surface area contributed by atoms with Gasteiger partial charge >= 0.3 is 0 Å². The lowest BCUT2D eigenvalue weighted by Gasteiger charge is -2.03. The third-order valence-electron chi connectivity index (χ3n) is 2.61. The molecule has 0 aromatic heterocycles. The van der Waals surface area contributed by atoms with Crippen molar-refractivity contribution in [3.05, 3.63) is 33.8 Å². The van der Waals surface area contributed by atoms with Crippen LogP contribution >= 0.6 is 23.2 Å². The Morgan fingerprint density at radius 3 is 2.77 bits per heavy atom. The summed E-state index contributed by atoms with van der Waals surface area (Å²) in [5.41, 5.74) is 6.73. The van der Waals surface area contributed by atoms with Crippen LogP contribution in [-0.4, -0.2) is 6.54 Å². The lowest BCUT2D eigenvalue weighted by molar-refractivity contribution is 0.810. The average Bonchev–Trinajstić information content (AvgIpc) is 2.89. The molecule has 1 fully saturated rings. The van der Waals surface area contributed by atoms with Gasteiger partial charge in [0.2, 0.25) is 0 Å². The maximum absolute atomic E-state index is 6.08. The van der Waals surface area contributed by atoms with Crippen molar-refractivity contribution in [3.8, 4) is 0 Å². The molecule has 1 nitrogen and oxygen atoms in total. The van der Waals surface area contributed by atoms with Gasteiger partial charge in [0.1, 0.15) is 0 Å². The molecule has 0 radical (unpaired) electrons. The van der Waals surface area contributed by atoms with Crippen LogP contribution in [0.4, 0.5) is 0 Å². The van der Waals surface area contributed by atoms with Crippen LogP contribution in [0.5, 0.6) is 0 Å². The number of rotatable bonds is 2. The minimum absolute atomic E-state index is 0.538. The van der Waals surface area contributed by atoms with E-state index in [-0.39, 0.29) is 0 Å². The highest BCUT2D eigenvalue weighted by molar-refractivity contribution is 6.42. The van der Waals surface area contributed by atoms with Crippen molar-refractivity contribution in [1.29, 1.82) is 0 Å². The second kappa shape index (κ2) is 3.49. The predicted octanol–water partition coefficient (Wildman–Crippen LogP) is 3.06. The van der Waals surface area contributed by atoms with E-state index in [1.807, 2.05) is 18.2 Å². The summed E-state index contributed by atoms with van der Waals surface area (Å²) in [4.78, 5) is 0. The second-order valence-corrected chi connectivity index (χ2v) is 4.27. The summed E-state index contributed by atoms with van der Waals surface area (Å²) in [5.74, 6) is 1.15. The van der Waals surface area contributed by atoms with E-state index in [0.29, 0.717) is 21.9 Å². The Kier molecular flexibility index (Phi) is 2.50. The fourth-order valence-corrected chi connectivity index (χ4v) is 2.14. The van der Waals surface area contributed by atoms with Gasteiger partial charge in [0, 0.05) is 0 Å². The predicted molar refractivity (Wildman–Crippen MR) is 56.4 cm³/mol. The Hall–Kier alpha value is -0.240. The first-order chi connectivity index (χ1) is 6.24. The highest BCUT2D eigenvalue weighted by atomic mass is 35.5. The van der Waals surface area contributed by atoms with Gasteiger partial charge in [-0.1, -0.05) is 35.3 Å². The number of halogens is 2. The standard InChI is InChI=1S/C10H11Cl2N/c11-9-3-1-2-7(10(9)12)8-4-6(8)5-13/h1-3,6,8H,4-5,13H2/t6-,8+/m0/s1. The molecule has 1 aromatic rings. The Labute approximate surface area is 87.8 Å². The lowest BCUT2D eigenvalue weighted by Crippen LogP contribution is -2.02. The zero-order chi connectivity index (χ0) is 9.42. The van der Waals surface area contributed by atoms with Crippen LogP contribution in [0.3, 0.4) is 0 Å². The largest absolute Gasteiger partial charge is 0.330 e. The molecule has 70 valence electrons. The summed E-state index contributed by atoms with van der Waals surface area (Å²) < 4.78 is 0. The first-order valence-electron chi connectivity index (χ1n) is 4.38. The van der Waals surface area contributed by atoms with Crippen LogP contribution in [0.15, 0.2) is 18.2 Å². The van der Waals surface area contributed by atoms with Crippen molar-refractivity contribution >= 4 is 23.2 Å². The molecule has 0 unspecified atom stereocenters. The molecule has 3 heteroatoms. The molecule has 2 N–H and O–H groups in total. The van der Waals surface area contributed by atoms with Crippen molar-refractivity contribution in [3.63, 3.8) is 0 Å². The van der Waals surface area contributed by atoms with Crippen molar-refractivity contribution < 1.29 is 0 Å². The van der Waals surface area contributed by atoms with Gasteiger partial charge in [0.25, 0.3) is 0 Å². The molecule has 0 saturated heterocycles. The van der Waals surface area contributed by atoms with Crippen molar-refractivity contribution in [1.82, 2.24) is 0 Å². The fourth-order valence-electron chi connectivity index (χ4n) is 1.70. The first-order valence-corrected chi connectivity index (χ1v) is 5.13. The van der Waals surface area contributed by atoms with Gasteiger partial charge in [-0.25, -0.2) is 0 Å². The molecule has 1 aromatic carbocycles. The van der Waals surface area contributed by atoms with Crippen LogP contribution in [0.25, 0.3) is 0 Å². The molecular weight excluding hydrogens is 205 g/mol. The average molecular weight is 216 g/mol. The maximum atomic E-state index is 6.08. The number of hydrogen-bond acceptors (Lipinski definition) is 1. The van der Waals surface area contributed by atoms with Crippen molar-refractivity contribution in [2.45, 2.75) is 12.3 Å². The fraction of sp³-hybridized carbons (Fsp3) is 0.400. The zero-order valence-electron chi connectivity index (χ0n) is 7.13. The van der Waals surface area contributed by atoms with E-state index < -0.39 is 0 Å². The molecule has 0 heterocycles. The quantitative estimate of drug-likeness (QED) is 0.807. The van der Waals surface area contributed by atoms with Gasteiger partial charge in [0.15, 0.2) is 0 Å². The van der Waals surface area contributed by atoms with Crippen LogP contribution < -0.4 is 5.73 Å². The molecule has 1 aliphatic carbocycles. The third-order valence-corrected chi connectivity index (χ3v) is 3.44. The molecule has 1 aliphatic rings. The van der Waals surface area contributed by atoms with E-state index in [2.05, 4.69) is 0 Å². The van der Waals surface area contributed by atoms with Gasteiger partial charge in [-0.2, -0.15) is 0 Å². The molecule has 2 rings (SSSR count). The molecule has 0 aliphatic heterocycles. The van der Waals surface area contributed by atoms with Gasteiger partial charge in [0.05, 0.1) is 10.0 Å². The molecule has 13 heavy (non-hydrogen) atoms. The van der Waals surface area contributed by atoms with Crippen molar-refractivity contribution in [2.75, 3.05) is 6.54 Å². The van der Waals surface area contributed by atoms with Crippen LogP contribution in [-0.2, 0) is 0 Å². The highest BCUT2D eigenvalue weighted by Crippen LogP contribution is 2.49. The zero-order valence-corrected chi connectivity index (χ0v) is 8.65. The second-order valence-electron chi connectivity index (χ2n) is 3.48. The van der Waals surface area contributed by atoms with Crippen molar-refractivity contribution in [2.24, 2.45) is 11.7 Å². The van der Waals surface area contributed by atoms with Gasteiger partial charge in [-0.3, -0.25) is 0 Å². The lowest BCUT2D eigenvalue weighted by atomic mass is 10.1. The van der Waals surface area contributed by atoms with Crippen LogP contribution in [0.2, 0.25) is 10.0 Å². The summed E-state index contributed by atoms with van der Waals surface area (Å²) in [6.45, 7) is 0.744. The van der Waals surface area contributed by atoms with E-state index in [9.17, 15) is 0 Å². The minimum Gasteiger partial charge on any atom is -0.330 e. The maximum Gasteiger partial charge on any atom is 0.0627 e. The van der Waals surface area contributed by atoms with Gasteiger partial charge < -0.3 is 5.73 Å². The Morgan fingerprint density at radius 1 is 1.38 bits per heavy atom. The van der Waals surface area contributed by atoms with E-state index in [1.165, 1.54) is 0 Å². The summed E-state index contributed by atoms with van der Waals surface area (Å²) >= 11 is 12.0. The van der Waals surface area contributed by atoms with E-state index in [0.717, 1.165) is 18.5 Å². The molecule has 0 spiro atoms. The first kappa shape index (κ1) is 9.32. The number of hydrogen-bond donors (Lipinski definition) is 1. The molecule has 1 saturated carbocycles. The van der Waals surface area contributed by atoms with Crippen LogP contribution in [0, 0.1) is 5.92 Å². The van der Waals surface area contributed by atoms with Crippen LogP contribution in [0.1, 0.15) is 17.9 Å². The SMILES string of the molecule is NC[C@@H]1C[C@H]1c1cccc(Cl)c1Cl. The third kappa shape index (κ3) is 1.69. The Bertz CT molecular complexity index is 325. The van der Waals surface area contributed by atoms with Gasteiger partial charge in [-0.05, 0) is 36.4 Å². The topological polar surface area (TPSA) is 26.0 Å². The molecule has 0 amide bonds. The summed E-state index contributed by atoms with van der Waals surface area (Å²) in [7, 11) is 0. The van der Waals surface area contributed by atoms with E-state index in [4.69, 9.17) is 28.9 Å². The smallest absolute Gasteiger partial charge is 0.0627 e. The minimum atomic E-state index is 0.538. The Morgan fingerprint density at radius 2 is 2.15 bits per heavy atom. The summed E-state index contributed by atoms with van der Waals surface area (Å²) in [6.07, 6.45) is 1.15. The highest BCUT2D eigenvalue weighted by Gasteiger charge is 2.38.